The quantitative estimate of drug-likeness (QED) is 0.176. The minimum absolute atomic E-state index is 0.0567. The first-order valence-electron chi connectivity index (χ1n) is 12.4. The number of rotatable bonds is 6. The van der Waals surface area contributed by atoms with Crippen LogP contribution in [0.25, 0.3) is 0 Å². The lowest BCUT2D eigenvalue weighted by Gasteiger charge is -2.42. The standard InChI is InChI=1S/C29H26N2O6S/c1-3-37-29(34)27-22(24-8-5-13-38-24)15-23-26(28(27)33)21(18-6-4-7-20(14-18)31(35)36)16-25(32)30(23)19-11-9-17(2)10-12-19/h4-14,21-22,27H,3,15-16H2,1-2H3/t21-,22-,27+/m0/s1. The first kappa shape index (κ1) is 25.5. The van der Waals surface area contributed by atoms with Crippen LogP contribution in [0.15, 0.2) is 77.3 Å². The van der Waals surface area contributed by atoms with E-state index in [-0.39, 0.29) is 31.0 Å². The highest BCUT2D eigenvalue weighted by Gasteiger charge is 2.50. The molecule has 0 N–H and O–H groups in total. The van der Waals surface area contributed by atoms with Gasteiger partial charge >= 0.3 is 5.97 Å². The Bertz CT molecular complexity index is 1440. The van der Waals surface area contributed by atoms with Gasteiger partial charge in [0.05, 0.1) is 11.5 Å². The number of anilines is 1. The molecule has 1 aromatic heterocycles. The van der Waals surface area contributed by atoms with E-state index in [0.717, 1.165) is 10.4 Å². The Morgan fingerprint density at radius 3 is 2.53 bits per heavy atom. The van der Waals surface area contributed by atoms with E-state index < -0.39 is 34.4 Å². The van der Waals surface area contributed by atoms with Gasteiger partial charge in [0, 0.05) is 52.2 Å². The molecule has 0 fully saturated rings. The molecule has 1 aliphatic heterocycles. The van der Waals surface area contributed by atoms with Crippen LogP contribution in [-0.4, -0.2) is 29.2 Å². The lowest BCUT2D eigenvalue weighted by atomic mass is 9.69. The van der Waals surface area contributed by atoms with Crippen LogP contribution in [0.2, 0.25) is 0 Å². The molecule has 0 saturated carbocycles. The molecule has 5 rings (SSSR count). The van der Waals surface area contributed by atoms with E-state index in [4.69, 9.17) is 4.74 Å². The number of nitro groups is 1. The lowest BCUT2D eigenvalue weighted by Crippen LogP contribution is -2.46. The van der Waals surface area contributed by atoms with Gasteiger partial charge in [-0.1, -0.05) is 35.9 Å². The maximum absolute atomic E-state index is 14.3. The molecule has 194 valence electrons. The summed E-state index contributed by atoms with van der Waals surface area (Å²) in [5.41, 5.74) is 2.91. The summed E-state index contributed by atoms with van der Waals surface area (Å²) in [7, 11) is 0. The summed E-state index contributed by atoms with van der Waals surface area (Å²) in [5.74, 6) is -3.49. The number of nitrogens with zero attached hydrogens (tertiary/aromatic N) is 2. The van der Waals surface area contributed by atoms with Gasteiger partial charge in [-0.05, 0) is 49.4 Å². The molecule has 3 atom stereocenters. The molecule has 1 amide bonds. The molecule has 0 radical (unpaired) electrons. The van der Waals surface area contributed by atoms with Gasteiger partial charge in [0.15, 0.2) is 5.78 Å². The van der Waals surface area contributed by atoms with E-state index in [0.29, 0.717) is 22.5 Å². The Kier molecular flexibility index (Phi) is 6.94. The van der Waals surface area contributed by atoms with E-state index in [1.807, 2.05) is 48.7 Å². The molecule has 1 aliphatic carbocycles. The minimum atomic E-state index is -1.07. The van der Waals surface area contributed by atoms with E-state index >= 15 is 0 Å². The SMILES string of the molecule is CCOC(=O)[C@H]1C(=O)C2=C(C[C@H]1c1cccs1)N(c1ccc(C)cc1)C(=O)C[C@H]2c1cccc([N+](=O)[O-])c1. The number of carbonyl (C=O) groups excluding carboxylic acids is 3. The number of hydrogen-bond donors (Lipinski definition) is 0. The van der Waals surface area contributed by atoms with Crippen LogP contribution in [0, 0.1) is 23.0 Å². The lowest BCUT2D eigenvalue weighted by molar-refractivity contribution is -0.384. The maximum Gasteiger partial charge on any atom is 0.317 e. The third kappa shape index (κ3) is 4.54. The number of Topliss-reactive ketones (excluding diaryl/α,β-unsaturated/α-hetero) is 1. The van der Waals surface area contributed by atoms with Crippen molar-refractivity contribution < 1.29 is 24.0 Å². The number of ether oxygens (including phenoxy) is 1. The first-order valence-corrected chi connectivity index (χ1v) is 13.3. The highest BCUT2D eigenvalue weighted by molar-refractivity contribution is 7.10. The average molecular weight is 531 g/mol. The second-order valence-corrected chi connectivity index (χ2v) is 10.4. The van der Waals surface area contributed by atoms with Crippen molar-refractivity contribution in [2.45, 2.75) is 38.5 Å². The van der Waals surface area contributed by atoms with E-state index in [2.05, 4.69) is 0 Å². The zero-order valence-corrected chi connectivity index (χ0v) is 21.8. The molecule has 0 bridgehead atoms. The van der Waals surface area contributed by atoms with Gasteiger partial charge in [0.1, 0.15) is 5.92 Å². The molecule has 2 aliphatic rings. The summed E-state index contributed by atoms with van der Waals surface area (Å²) in [5, 5.41) is 13.4. The number of benzene rings is 2. The molecule has 38 heavy (non-hydrogen) atoms. The van der Waals surface area contributed by atoms with Crippen molar-refractivity contribution in [1.82, 2.24) is 0 Å². The van der Waals surface area contributed by atoms with Crippen LogP contribution in [0.4, 0.5) is 11.4 Å². The van der Waals surface area contributed by atoms with Gasteiger partial charge in [0.2, 0.25) is 5.91 Å². The molecule has 2 heterocycles. The number of thiophene rings is 1. The van der Waals surface area contributed by atoms with Crippen LogP contribution >= 0.6 is 11.3 Å². The van der Waals surface area contributed by atoms with Crippen LogP contribution in [0.1, 0.15) is 47.6 Å². The molecule has 0 saturated heterocycles. The maximum atomic E-state index is 14.3. The van der Waals surface area contributed by atoms with Crippen LogP contribution in [0.5, 0.6) is 0 Å². The van der Waals surface area contributed by atoms with Crippen LogP contribution in [-0.2, 0) is 19.1 Å². The number of carbonyl (C=O) groups is 3. The highest BCUT2D eigenvalue weighted by Crippen LogP contribution is 2.50. The fourth-order valence-corrected chi connectivity index (χ4v) is 6.30. The summed E-state index contributed by atoms with van der Waals surface area (Å²) in [4.78, 5) is 54.6. The summed E-state index contributed by atoms with van der Waals surface area (Å²) in [6.45, 7) is 3.78. The number of esters is 1. The van der Waals surface area contributed by atoms with E-state index in [9.17, 15) is 24.5 Å². The smallest absolute Gasteiger partial charge is 0.317 e. The average Bonchev–Trinajstić information content (AvgIpc) is 3.44. The van der Waals surface area contributed by atoms with Gasteiger partial charge in [-0.3, -0.25) is 29.4 Å². The van der Waals surface area contributed by atoms with Crippen molar-refractivity contribution in [1.29, 1.82) is 0 Å². The number of ketones is 1. The van der Waals surface area contributed by atoms with Crippen LogP contribution in [0.3, 0.4) is 0 Å². The van der Waals surface area contributed by atoms with Crippen LogP contribution < -0.4 is 4.90 Å². The third-order valence-corrected chi connectivity index (χ3v) is 8.15. The summed E-state index contributed by atoms with van der Waals surface area (Å²) < 4.78 is 5.35. The molecule has 0 spiro atoms. The Labute approximate surface area is 223 Å². The Hall–Kier alpha value is -4.11. The van der Waals surface area contributed by atoms with Gasteiger partial charge in [-0.25, -0.2) is 0 Å². The van der Waals surface area contributed by atoms with Crippen molar-refractivity contribution in [3.05, 3.63) is 103 Å². The van der Waals surface area contributed by atoms with Crippen molar-refractivity contribution >= 4 is 40.4 Å². The van der Waals surface area contributed by atoms with Crippen molar-refractivity contribution in [3.8, 4) is 0 Å². The van der Waals surface area contributed by atoms with E-state index in [1.54, 1.807) is 24.0 Å². The van der Waals surface area contributed by atoms with Crippen molar-refractivity contribution in [3.63, 3.8) is 0 Å². The second-order valence-electron chi connectivity index (χ2n) is 9.45. The van der Waals surface area contributed by atoms with Gasteiger partial charge < -0.3 is 4.74 Å². The minimum Gasteiger partial charge on any atom is -0.465 e. The molecule has 2 aromatic carbocycles. The van der Waals surface area contributed by atoms with Crippen molar-refractivity contribution in [2.24, 2.45) is 5.92 Å². The number of non-ortho nitro benzene ring substituents is 1. The topological polar surface area (TPSA) is 107 Å². The van der Waals surface area contributed by atoms with Gasteiger partial charge in [-0.2, -0.15) is 0 Å². The second kappa shape index (κ2) is 10.3. The molecular formula is C29H26N2O6S. The van der Waals surface area contributed by atoms with Gasteiger partial charge in [0.25, 0.3) is 5.69 Å². The number of amides is 1. The largest absolute Gasteiger partial charge is 0.465 e. The zero-order valence-electron chi connectivity index (χ0n) is 21.0. The zero-order chi connectivity index (χ0) is 27.0. The molecule has 8 nitrogen and oxygen atoms in total. The Morgan fingerprint density at radius 2 is 1.87 bits per heavy atom. The summed E-state index contributed by atoms with van der Waals surface area (Å²) in [6.07, 6.45) is 0.217. The molecule has 3 aromatic rings. The number of aryl methyl sites for hydroxylation is 1. The number of nitro benzene ring substituents is 1. The monoisotopic (exact) mass is 530 g/mol. The highest BCUT2D eigenvalue weighted by atomic mass is 32.1. The Morgan fingerprint density at radius 1 is 1.11 bits per heavy atom. The van der Waals surface area contributed by atoms with Gasteiger partial charge in [-0.15, -0.1) is 11.3 Å². The first-order chi connectivity index (χ1) is 18.3. The molecule has 0 unspecified atom stereocenters. The summed E-state index contributed by atoms with van der Waals surface area (Å²) in [6, 6.07) is 17.3. The van der Waals surface area contributed by atoms with E-state index in [1.165, 1.54) is 23.5 Å². The normalized spacial score (nSPS) is 21.3. The predicted molar refractivity (Wildman–Crippen MR) is 143 cm³/mol. The fourth-order valence-electron chi connectivity index (χ4n) is 5.44. The Balaban J connectivity index is 1.72. The predicted octanol–water partition coefficient (Wildman–Crippen LogP) is 5.68. The molecule has 9 heteroatoms. The molecular weight excluding hydrogens is 504 g/mol. The number of hydrogen-bond acceptors (Lipinski definition) is 7. The number of allylic oxidation sites excluding steroid dienone is 2. The third-order valence-electron chi connectivity index (χ3n) is 7.15. The van der Waals surface area contributed by atoms with Crippen molar-refractivity contribution in [2.75, 3.05) is 11.5 Å². The summed E-state index contributed by atoms with van der Waals surface area (Å²) >= 11 is 1.45. The fraction of sp³-hybridized carbons (Fsp3) is 0.276.